The Hall–Kier alpha value is -4.21. The average molecular weight is 509 g/mol. The fraction of sp³-hybridized carbons (Fsp3) is 0.370. The average Bonchev–Trinajstić information content (AvgIpc) is 3.03. The Labute approximate surface area is 215 Å². The molecule has 0 unspecified atom stereocenters. The number of nitrogens with one attached hydrogen (secondary N) is 3. The summed E-state index contributed by atoms with van der Waals surface area (Å²) < 4.78 is 5.13. The second kappa shape index (κ2) is 11.2. The highest BCUT2D eigenvalue weighted by molar-refractivity contribution is 6.22. The first-order chi connectivity index (χ1) is 17.4. The van der Waals surface area contributed by atoms with Crippen molar-refractivity contribution < 1.29 is 28.7 Å². The Morgan fingerprint density at radius 3 is 2.16 bits per heavy atom. The van der Waals surface area contributed by atoms with E-state index >= 15 is 0 Å². The third-order valence-electron chi connectivity index (χ3n) is 5.25. The number of benzene rings is 2. The molecule has 1 heterocycles. The number of hydrogen-bond donors (Lipinski definition) is 3. The van der Waals surface area contributed by atoms with Crippen LogP contribution in [0, 0.1) is 5.92 Å². The number of para-hydroxylation sites is 2. The Morgan fingerprint density at radius 1 is 0.919 bits per heavy atom. The van der Waals surface area contributed by atoms with Crippen LogP contribution in [-0.2, 0) is 9.53 Å². The number of imide groups is 1. The SMILES string of the molecule is CC(C)CN1C(=O)c2ccc(C(=O)Nc3ccccc3NC(=O)CCNC(=O)OC(C)(C)C)cc2C1=O. The zero-order valence-corrected chi connectivity index (χ0v) is 21.6. The van der Waals surface area contributed by atoms with Crippen molar-refractivity contribution in [1.29, 1.82) is 0 Å². The van der Waals surface area contributed by atoms with E-state index in [4.69, 9.17) is 4.74 Å². The number of fused-ring (bicyclic) bond motifs is 1. The zero-order valence-electron chi connectivity index (χ0n) is 21.6. The topological polar surface area (TPSA) is 134 Å². The third kappa shape index (κ3) is 7.16. The van der Waals surface area contributed by atoms with Crippen molar-refractivity contribution in [2.24, 2.45) is 5.92 Å². The van der Waals surface area contributed by atoms with Crippen molar-refractivity contribution in [3.63, 3.8) is 0 Å². The number of ether oxygens (including phenoxy) is 1. The van der Waals surface area contributed by atoms with Crippen LogP contribution in [0.5, 0.6) is 0 Å². The largest absolute Gasteiger partial charge is 0.444 e. The number of carbonyl (C=O) groups excluding carboxylic acids is 5. The van der Waals surface area contributed by atoms with Gasteiger partial charge in [0.1, 0.15) is 5.60 Å². The second-order valence-electron chi connectivity index (χ2n) is 10.1. The number of nitrogens with zero attached hydrogens (tertiary/aromatic N) is 1. The number of rotatable bonds is 8. The van der Waals surface area contributed by atoms with Crippen LogP contribution in [0.2, 0.25) is 0 Å². The highest BCUT2D eigenvalue weighted by Crippen LogP contribution is 2.26. The molecule has 1 aliphatic heterocycles. The van der Waals surface area contributed by atoms with E-state index in [1.807, 2.05) is 13.8 Å². The Balaban J connectivity index is 1.64. The summed E-state index contributed by atoms with van der Waals surface area (Å²) in [5.74, 6) is -1.54. The highest BCUT2D eigenvalue weighted by Gasteiger charge is 2.36. The van der Waals surface area contributed by atoms with Crippen molar-refractivity contribution >= 4 is 41.1 Å². The van der Waals surface area contributed by atoms with Gasteiger partial charge in [-0.05, 0) is 57.0 Å². The third-order valence-corrected chi connectivity index (χ3v) is 5.25. The molecule has 1 aliphatic rings. The van der Waals surface area contributed by atoms with Crippen LogP contribution in [0.4, 0.5) is 16.2 Å². The van der Waals surface area contributed by atoms with E-state index in [9.17, 15) is 24.0 Å². The van der Waals surface area contributed by atoms with Gasteiger partial charge in [0.15, 0.2) is 0 Å². The first-order valence-electron chi connectivity index (χ1n) is 12.0. The predicted octanol–water partition coefficient (Wildman–Crippen LogP) is 4.04. The van der Waals surface area contributed by atoms with Crippen molar-refractivity contribution in [2.45, 2.75) is 46.6 Å². The van der Waals surface area contributed by atoms with Crippen molar-refractivity contribution in [1.82, 2.24) is 10.2 Å². The minimum atomic E-state index is -0.640. The van der Waals surface area contributed by atoms with Gasteiger partial charge in [-0.15, -0.1) is 0 Å². The molecule has 0 aliphatic carbocycles. The molecule has 10 nitrogen and oxygen atoms in total. The molecule has 2 aromatic carbocycles. The van der Waals surface area contributed by atoms with Gasteiger partial charge in [0, 0.05) is 25.1 Å². The van der Waals surface area contributed by atoms with Crippen LogP contribution in [0.25, 0.3) is 0 Å². The summed E-state index contributed by atoms with van der Waals surface area (Å²) in [5, 5.41) is 7.97. The van der Waals surface area contributed by atoms with Gasteiger partial charge in [-0.1, -0.05) is 26.0 Å². The molecule has 0 saturated heterocycles. The summed E-state index contributed by atoms with van der Waals surface area (Å²) in [5.41, 5.74) is 0.749. The molecular weight excluding hydrogens is 476 g/mol. The normalized spacial score (nSPS) is 12.9. The molecule has 10 heteroatoms. The predicted molar refractivity (Wildman–Crippen MR) is 139 cm³/mol. The van der Waals surface area contributed by atoms with Gasteiger partial charge in [-0.25, -0.2) is 4.79 Å². The van der Waals surface area contributed by atoms with E-state index in [2.05, 4.69) is 16.0 Å². The molecule has 0 fully saturated rings. The van der Waals surface area contributed by atoms with Gasteiger partial charge in [0.2, 0.25) is 5.91 Å². The van der Waals surface area contributed by atoms with Gasteiger partial charge >= 0.3 is 6.09 Å². The van der Waals surface area contributed by atoms with Gasteiger partial charge in [0.25, 0.3) is 17.7 Å². The van der Waals surface area contributed by atoms with Gasteiger partial charge in [-0.3, -0.25) is 24.1 Å². The fourth-order valence-electron chi connectivity index (χ4n) is 3.66. The number of alkyl carbamates (subject to hydrolysis) is 1. The molecule has 37 heavy (non-hydrogen) atoms. The first-order valence-corrected chi connectivity index (χ1v) is 12.0. The Morgan fingerprint density at radius 2 is 1.54 bits per heavy atom. The van der Waals surface area contributed by atoms with E-state index in [1.54, 1.807) is 45.0 Å². The Bertz CT molecular complexity index is 1230. The minimum absolute atomic E-state index is 0.00460. The van der Waals surface area contributed by atoms with Crippen LogP contribution >= 0.6 is 0 Å². The first kappa shape index (κ1) is 27.4. The number of hydrogen-bond acceptors (Lipinski definition) is 6. The molecule has 0 radical (unpaired) electrons. The lowest BCUT2D eigenvalue weighted by molar-refractivity contribution is -0.116. The van der Waals surface area contributed by atoms with Gasteiger partial charge < -0.3 is 20.7 Å². The molecule has 0 atom stereocenters. The molecule has 5 amide bonds. The lowest BCUT2D eigenvalue weighted by atomic mass is 10.1. The van der Waals surface area contributed by atoms with E-state index in [0.29, 0.717) is 17.9 Å². The summed E-state index contributed by atoms with van der Waals surface area (Å²) in [4.78, 5) is 63.6. The van der Waals surface area contributed by atoms with Gasteiger partial charge in [-0.2, -0.15) is 0 Å². The summed E-state index contributed by atoms with van der Waals surface area (Å²) in [6.45, 7) is 9.43. The summed E-state index contributed by atoms with van der Waals surface area (Å²) in [6.07, 6.45) is -0.621. The smallest absolute Gasteiger partial charge is 0.407 e. The van der Waals surface area contributed by atoms with Crippen molar-refractivity contribution in [3.8, 4) is 0 Å². The maximum absolute atomic E-state index is 13.0. The fourth-order valence-corrected chi connectivity index (χ4v) is 3.66. The molecular formula is C27H32N4O6. The monoisotopic (exact) mass is 508 g/mol. The summed E-state index contributed by atoms with van der Waals surface area (Å²) in [6, 6.07) is 11.0. The van der Waals surface area contributed by atoms with Gasteiger partial charge in [0.05, 0.1) is 22.5 Å². The molecule has 0 spiro atoms. The Kier molecular flexibility index (Phi) is 8.31. The molecule has 3 rings (SSSR count). The number of carbonyl (C=O) groups is 5. The maximum Gasteiger partial charge on any atom is 0.407 e. The number of anilines is 2. The summed E-state index contributed by atoms with van der Waals surface area (Å²) >= 11 is 0. The van der Waals surface area contributed by atoms with Crippen molar-refractivity contribution in [3.05, 3.63) is 59.2 Å². The van der Waals surface area contributed by atoms with Crippen LogP contribution in [-0.4, -0.2) is 53.3 Å². The lowest BCUT2D eigenvalue weighted by Crippen LogP contribution is -2.34. The van der Waals surface area contributed by atoms with E-state index in [1.165, 1.54) is 23.1 Å². The summed E-state index contributed by atoms with van der Waals surface area (Å²) in [7, 11) is 0. The van der Waals surface area contributed by atoms with E-state index in [0.717, 1.165) is 0 Å². The molecule has 0 saturated carbocycles. The second-order valence-corrected chi connectivity index (χ2v) is 10.1. The van der Waals surface area contributed by atoms with Crippen LogP contribution in [0.15, 0.2) is 42.5 Å². The molecule has 0 aromatic heterocycles. The van der Waals surface area contributed by atoms with E-state index in [-0.39, 0.29) is 47.4 Å². The van der Waals surface area contributed by atoms with Crippen LogP contribution in [0.3, 0.4) is 0 Å². The maximum atomic E-state index is 13.0. The molecule has 0 bridgehead atoms. The highest BCUT2D eigenvalue weighted by atomic mass is 16.6. The molecule has 2 aromatic rings. The van der Waals surface area contributed by atoms with Crippen molar-refractivity contribution in [2.75, 3.05) is 23.7 Å². The zero-order chi connectivity index (χ0) is 27.3. The quantitative estimate of drug-likeness (QED) is 0.461. The van der Waals surface area contributed by atoms with Crippen LogP contribution < -0.4 is 16.0 Å². The molecule has 196 valence electrons. The lowest BCUT2D eigenvalue weighted by Gasteiger charge is -2.19. The van der Waals surface area contributed by atoms with E-state index < -0.39 is 23.5 Å². The minimum Gasteiger partial charge on any atom is -0.444 e. The van der Waals surface area contributed by atoms with Crippen LogP contribution in [0.1, 0.15) is 72.1 Å². The molecule has 3 N–H and O–H groups in total. The number of amides is 5. The standard InChI is InChI=1S/C27H32N4O6/c1-16(2)15-31-24(34)18-11-10-17(14-19(18)25(31)35)23(33)30-21-9-7-6-8-20(21)29-22(32)12-13-28-26(36)37-27(3,4)5/h6-11,14,16H,12-13,15H2,1-5H3,(H,28,36)(H,29,32)(H,30,33).